The highest BCUT2D eigenvalue weighted by atomic mass is 127. The maximum absolute atomic E-state index is 5.98. The highest BCUT2D eigenvalue weighted by Crippen LogP contribution is 2.11. The molecule has 1 heterocycles. The van der Waals surface area contributed by atoms with Crippen LogP contribution in [0.3, 0.4) is 0 Å². The van der Waals surface area contributed by atoms with Gasteiger partial charge in [-0.2, -0.15) is 0 Å². The molecule has 0 aliphatic heterocycles. The second kappa shape index (κ2) is 13.3. The summed E-state index contributed by atoms with van der Waals surface area (Å²) in [6.45, 7) is 4.81. The fourth-order valence-corrected chi connectivity index (χ4v) is 3.16. The molecule has 32 heavy (non-hydrogen) atoms. The summed E-state index contributed by atoms with van der Waals surface area (Å²) in [5, 5.41) is 15.9. The van der Waals surface area contributed by atoms with Gasteiger partial charge in [-0.15, -0.1) is 34.2 Å². The summed E-state index contributed by atoms with van der Waals surface area (Å²) < 4.78 is 1.97. The highest BCUT2D eigenvalue weighted by molar-refractivity contribution is 14.0. The van der Waals surface area contributed by atoms with E-state index in [1.807, 2.05) is 48.9 Å². The molecule has 3 aromatic rings. The van der Waals surface area contributed by atoms with E-state index >= 15 is 0 Å². The maximum atomic E-state index is 5.98. The van der Waals surface area contributed by atoms with Gasteiger partial charge in [-0.05, 0) is 43.2 Å². The van der Waals surface area contributed by atoms with E-state index in [1.165, 1.54) is 5.69 Å². The molecule has 0 radical (unpaired) electrons. The number of hydrogen-bond donors (Lipinski definition) is 2. The van der Waals surface area contributed by atoms with Crippen molar-refractivity contribution in [3.63, 3.8) is 0 Å². The van der Waals surface area contributed by atoms with Crippen LogP contribution >= 0.6 is 35.6 Å². The molecular formula is C23H31ClIN7. The molecule has 3 rings (SSSR count). The molecule has 0 saturated heterocycles. The van der Waals surface area contributed by atoms with Crippen molar-refractivity contribution >= 4 is 47.2 Å². The van der Waals surface area contributed by atoms with Crippen LogP contribution in [-0.2, 0) is 20.1 Å². The number of aromatic nitrogens is 3. The zero-order chi connectivity index (χ0) is 22.1. The number of anilines is 1. The largest absolute Gasteiger partial charge is 0.375 e. The van der Waals surface area contributed by atoms with Gasteiger partial charge in [0.1, 0.15) is 5.82 Å². The summed E-state index contributed by atoms with van der Waals surface area (Å²) in [6, 6.07) is 18.1. The van der Waals surface area contributed by atoms with Crippen LogP contribution in [0.25, 0.3) is 0 Å². The lowest BCUT2D eigenvalue weighted by molar-refractivity contribution is 0.697. The molecule has 2 aromatic carbocycles. The van der Waals surface area contributed by atoms with E-state index in [4.69, 9.17) is 16.6 Å². The van der Waals surface area contributed by atoms with Gasteiger partial charge in [0, 0.05) is 37.9 Å². The predicted molar refractivity (Wildman–Crippen MR) is 143 cm³/mol. The first-order valence-corrected chi connectivity index (χ1v) is 10.8. The van der Waals surface area contributed by atoms with E-state index in [0.717, 1.165) is 47.7 Å². The first-order chi connectivity index (χ1) is 15.0. The maximum Gasteiger partial charge on any atom is 0.191 e. The Morgan fingerprint density at radius 3 is 2.44 bits per heavy atom. The van der Waals surface area contributed by atoms with Crippen molar-refractivity contribution in [2.75, 3.05) is 25.0 Å². The van der Waals surface area contributed by atoms with Crippen molar-refractivity contribution in [1.29, 1.82) is 0 Å². The molecule has 0 spiro atoms. The quantitative estimate of drug-likeness (QED) is 0.176. The van der Waals surface area contributed by atoms with E-state index in [9.17, 15) is 0 Å². The van der Waals surface area contributed by atoms with Gasteiger partial charge < -0.3 is 20.1 Å². The van der Waals surface area contributed by atoms with Gasteiger partial charge in [-0.1, -0.05) is 41.9 Å². The minimum atomic E-state index is 0. The topological polar surface area (TPSA) is 70.4 Å². The van der Waals surface area contributed by atoms with E-state index in [1.54, 1.807) is 0 Å². The van der Waals surface area contributed by atoms with Crippen molar-refractivity contribution in [2.45, 2.75) is 26.4 Å². The fourth-order valence-electron chi connectivity index (χ4n) is 3.04. The number of aryl methyl sites for hydroxylation is 1. The molecule has 1 aromatic heterocycles. The van der Waals surface area contributed by atoms with Crippen LogP contribution in [-0.4, -0.2) is 40.9 Å². The smallest absolute Gasteiger partial charge is 0.191 e. The van der Waals surface area contributed by atoms with Crippen LogP contribution < -0.4 is 15.5 Å². The second-order valence-corrected chi connectivity index (χ2v) is 7.84. The third-order valence-corrected chi connectivity index (χ3v) is 5.34. The van der Waals surface area contributed by atoms with Crippen LogP contribution in [0.1, 0.15) is 23.6 Å². The number of guanidine groups is 1. The lowest BCUT2D eigenvalue weighted by Crippen LogP contribution is -2.39. The highest BCUT2D eigenvalue weighted by Gasteiger charge is 2.07. The van der Waals surface area contributed by atoms with Crippen LogP contribution in [0.4, 0.5) is 5.69 Å². The summed E-state index contributed by atoms with van der Waals surface area (Å²) in [5.41, 5.74) is 2.32. The van der Waals surface area contributed by atoms with Crippen molar-refractivity contribution in [2.24, 2.45) is 12.0 Å². The molecule has 0 aliphatic rings. The number of benzene rings is 2. The number of rotatable bonds is 9. The minimum Gasteiger partial charge on any atom is -0.375 e. The standard InChI is InChI=1S/C23H30ClN7.HI/c1-18-28-29-22(31(18)3)17-27-23(26-16-19-10-12-20(24)13-11-19)25-14-7-15-30(2)21-8-5-4-6-9-21;/h4-6,8-13H,7,14-17H2,1-3H3,(H2,25,26,27);1H. The molecule has 0 fully saturated rings. The fraction of sp³-hybridized carbons (Fsp3) is 0.348. The van der Waals surface area contributed by atoms with Gasteiger partial charge in [0.25, 0.3) is 0 Å². The Morgan fingerprint density at radius 1 is 1.06 bits per heavy atom. The van der Waals surface area contributed by atoms with Crippen LogP contribution in [0.15, 0.2) is 59.6 Å². The average molecular weight is 568 g/mol. The van der Waals surface area contributed by atoms with Crippen molar-refractivity contribution in [1.82, 2.24) is 25.4 Å². The first kappa shape index (κ1) is 25.9. The molecule has 0 bridgehead atoms. The number of nitrogens with one attached hydrogen (secondary N) is 2. The van der Waals surface area contributed by atoms with E-state index < -0.39 is 0 Å². The Balaban J connectivity index is 0.00000363. The molecule has 0 amide bonds. The molecule has 7 nitrogen and oxygen atoms in total. The Bertz CT molecular complexity index is 974. The molecule has 2 N–H and O–H groups in total. The predicted octanol–water partition coefficient (Wildman–Crippen LogP) is 4.16. The van der Waals surface area contributed by atoms with Gasteiger partial charge in [-0.3, -0.25) is 0 Å². The number of para-hydroxylation sites is 1. The Labute approximate surface area is 212 Å². The molecule has 172 valence electrons. The zero-order valence-electron chi connectivity index (χ0n) is 18.8. The third kappa shape index (κ3) is 7.98. The van der Waals surface area contributed by atoms with E-state index in [-0.39, 0.29) is 24.0 Å². The third-order valence-electron chi connectivity index (χ3n) is 5.09. The minimum absolute atomic E-state index is 0. The summed E-state index contributed by atoms with van der Waals surface area (Å²) in [7, 11) is 4.07. The Kier molecular flexibility index (Phi) is 10.8. The molecule has 9 heteroatoms. The number of hydrogen-bond acceptors (Lipinski definition) is 4. The molecule has 0 saturated carbocycles. The molecule has 0 unspecified atom stereocenters. The number of halogens is 2. The number of aliphatic imine (C=N–C) groups is 1. The SMILES string of the molecule is Cc1nnc(CNC(=NCc2ccc(Cl)cc2)NCCCN(C)c2ccccc2)n1C.I. The summed E-state index contributed by atoms with van der Waals surface area (Å²) in [4.78, 5) is 6.98. The van der Waals surface area contributed by atoms with E-state index in [2.05, 4.69) is 57.0 Å². The lowest BCUT2D eigenvalue weighted by Gasteiger charge is -2.19. The summed E-state index contributed by atoms with van der Waals surface area (Å²) in [6.07, 6.45) is 0.982. The van der Waals surface area contributed by atoms with Crippen molar-refractivity contribution < 1.29 is 0 Å². The monoisotopic (exact) mass is 567 g/mol. The van der Waals surface area contributed by atoms with Gasteiger partial charge in [0.2, 0.25) is 0 Å². The molecule has 0 atom stereocenters. The van der Waals surface area contributed by atoms with Crippen LogP contribution in [0.2, 0.25) is 5.02 Å². The Hall–Kier alpha value is -2.33. The van der Waals surface area contributed by atoms with E-state index in [0.29, 0.717) is 13.1 Å². The zero-order valence-corrected chi connectivity index (χ0v) is 21.8. The lowest BCUT2D eigenvalue weighted by atomic mass is 10.2. The number of nitrogens with zero attached hydrogens (tertiary/aromatic N) is 5. The molecule has 0 aliphatic carbocycles. The second-order valence-electron chi connectivity index (χ2n) is 7.40. The average Bonchev–Trinajstić information content (AvgIpc) is 3.11. The van der Waals surface area contributed by atoms with Crippen LogP contribution in [0, 0.1) is 6.92 Å². The summed E-state index contributed by atoms with van der Waals surface area (Å²) >= 11 is 5.98. The van der Waals surface area contributed by atoms with Crippen molar-refractivity contribution in [3.8, 4) is 0 Å². The van der Waals surface area contributed by atoms with Gasteiger partial charge in [0.05, 0.1) is 13.1 Å². The molecular weight excluding hydrogens is 537 g/mol. The van der Waals surface area contributed by atoms with Crippen LogP contribution in [0.5, 0.6) is 0 Å². The van der Waals surface area contributed by atoms with Gasteiger partial charge in [0.15, 0.2) is 11.8 Å². The van der Waals surface area contributed by atoms with Gasteiger partial charge in [-0.25, -0.2) is 4.99 Å². The summed E-state index contributed by atoms with van der Waals surface area (Å²) in [5.74, 6) is 2.49. The normalized spacial score (nSPS) is 11.1. The van der Waals surface area contributed by atoms with Crippen molar-refractivity contribution in [3.05, 3.63) is 76.8 Å². The van der Waals surface area contributed by atoms with Gasteiger partial charge >= 0.3 is 0 Å². The Morgan fingerprint density at radius 2 is 1.78 bits per heavy atom. The first-order valence-electron chi connectivity index (χ1n) is 10.4.